The van der Waals surface area contributed by atoms with Gasteiger partial charge in [-0.2, -0.15) is 0 Å². The lowest BCUT2D eigenvalue weighted by atomic mass is 10.1. The van der Waals surface area contributed by atoms with E-state index in [1.165, 1.54) is 0 Å². The van der Waals surface area contributed by atoms with E-state index in [2.05, 4.69) is 5.43 Å². The van der Waals surface area contributed by atoms with Crippen molar-refractivity contribution in [3.8, 4) is 5.75 Å². The average molecular weight is 224 g/mol. The SMILES string of the molecule is CCOCC(Cc1ccccc1OC)NN. The van der Waals surface area contributed by atoms with Crippen molar-refractivity contribution in [1.29, 1.82) is 0 Å². The molecule has 4 heteroatoms. The van der Waals surface area contributed by atoms with Gasteiger partial charge in [-0.25, -0.2) is 0 Å². The summed E-state index contributed by atoms with van der Waals surface area (Å²) in [5, 5.41) is 0. The zero-order valence-electron chi connectivity index (χ0n) is 9.90. The highest BCUT2D eigenvalue weighted by molar-refractivity contribution is 5.33. The predicted molar refractivity (Wildman–Crippen MR) is 64.3 cm³/mol. The molecule has 4 nitrogen and oxygen atoms in total. The Bertz CT molecular complexity index is 305. The number of para-hydroxylation sites is 1. The van der Waals surface area contributed by atoms with Crippen LogP contribution in [0.2, 0.25) is 0 Å². The van der Waals surface area contributed by atoms with Crippen LogP contribution >= 0.6 is 0 Å². The Labute approximate surface area is 96.7 Å². The van der Waals surface area contributed by atoms with Gasteiger partial charge in [0.1, 0.15) is 5.75 Å². The minimum Gasteiger partial charge on any atom is -0.496 e. The monoisotopic (exact) mass is 224 g/mol. The van der Waals surface area contributed by atoms with Gasteiger partial charge in [-0.15, -0.1) is 0 Å². The number of nitrogens with two attached hydrogens (primary N) is 1. The quantitative estimate of drug-likeness (QED) is 0.538. The van der Waals surface area contributed by atoms with Gasteiger partial charge in [0.2, 0.25) is 0 Å². The molecule has 3 N–H and O–H groups in total. The number of ether oxygens (including phenoxy) is 2. The van der Waals surface area contributed by atoms with Gasteiger partial charge in [-0.3, -0.25) is 11.3 Å². The van der Waals surface area contributed by atoms with E-state index in [0.29, 0.717) is 13.2 Å². The third-order valence-electron chi connectivity index (χ3n) is 2.42. The van der Waals surface area contributed by atoms with Gasteiger partial charge in [0.25, 0.3) is 0 Å². The summed E-state index contributed by atoms with van der Waals surface area (Å²) in [5.41, 5.74) is 3.89. The lowest BCUT2D eigenvalue weighted by Gasteiger charge is -2.17. The molecule has 90 valence electrons. The summed E-state index contributed by atoms with van der Waals surface area (Å²) < 4.78 is 10.6. The number of nitrogens with one attached hydrogen (secondary N) is 1. The molecule has 0 saturated heterocycles. The van der Waals surface area contributed by atoms with Gasteiger partial charge in [0.15, 0.2) is 0 Å². The van der Waals surface area contributed by atoms with Crippen LogP contribution in [0.15, 0.2) is 24.3 Å². The van der Waals surface area contributed by atoms with Crippen molar-refractivity contribution in [1.82, 2.24) is 5.43 Å². The van der Waals surface area contributed by atoms with Crippen molar-refractivity contribution in [2.24, 2.45) is 5.84 Å². The summed E-state index contributed by atoms with van der Waals surface area (Å²) in [6.45, 7) is 3.27. The first-order valence-electron chi connectivity index (χ1n) is 5.47. The number of methoxy groups -OCH3 is 1. The molecule has 1 aromatic rings. The zero-order valence-corrected chi connectivity index (χ0v) is 9.90. The minimum atomic E-state index is 0.108. The second-order valence-electron chi connectivity index (χ2n) is 3.54. The second-order valence-corrected chi connectivity index (χ2v) is 3.54. The fourth-order valence-electron chi connectivity index (χ4n) is 1.56. The summed E-state index contributed by atoms with van der Waals surface area (Å²) in [5.74, 6) is 6.37. The average Bonchev–Trinajstić information content (AvgIpc) is 2.34. The molecule has 1 rings (SSSR count). The van der Waals surface area contributed by atoms with Crippen molar-refractivity contribution >= 4 is 0 Å². The van der Waals surface area contributed by atoms with E-state index < -0.39 is 0 Å². The lowest BCUT2D eigenvalue weighted by molar-refractivity contribution is 0.122. The summed E-state index contributed by atoms with van der Waals surface area (Å²) >= 11 is 0. The molecule has 0 radical (unpaired) electrons. The van der Waals surface area contributed by atoms with E-state index in [0.717, 1.165) is 17.7 Å². The predicted octanol–water partition coefficient (Wildman–Crippen LogP) is 1.11. The molecule has 0 fully saturated rings. The molecular weight excluding hydrogens is 204 g/mol. The number of rotatable bonds is 7. The fraction of sp³-hybridized carbons (Fsp3) is 0.500. The van der Waals surface area contributed by atoms with Gasteiger partial charge in [0, 0.05) is 12.6 Å². The van der Waals surface area contributed by atoms with Crippen molar-refractivity contribution < 1.29 is 9.47 Å². The van der Waals surface area contributed by atoms with Crippen LogP contribution < -0.4 is 16.0 Å². The van der Waals surface area contributed by atoms with E-state index in [1.54, 1.807) is 7.11 Å². The van der Waals surface area contributed by atoms with Gasteiger partial charge in [0.05, 0.1) is 13.7 Å². The second kappa shape index (κ2) is 7.22. The van der Waals surface area contributed by atoms with Crippen molar-refractivity contribution in [2.45, 2.75) is 19.4 Å². The van der Waals surface area contributed by atoms with E-state index >= 15 is 0 Å². The van der Waals surface area contributed by atoms with Crippen LogP contribution in [0.4, 0.5) is 0 Å². The Morgan fingerprint density at radius 1 is 1.38 bits per heavy atom. The molecule has 0 saturated carbocycles. The molecule has 0 spiro atoms. The Hall–Kier alpha value is -1.10. The molecule has 0 aromatic heterocycles. The summed E-state index contributed by atoms with van der Waals surface area (Å²) in [6, 6.07) is 8.04. The fourth-order valence-corrected chi connectivity index (χ4v) is 1.56. The highest BCUT2D eigenvalue weighted by Crippen LogP contribution is 2.18. The van der Waals surface area contributed by atoms with Crippen LogP contribution in [0.1, 0.15) is 12.5 Å². The van der Waals surface area contributed by atoms with E-state index in [4.69, 9.17) is 15.3 Å². The highest BCUT2D eigenvalue weighted by Gasteiger charge is 2.10. The van der Waals surface area contributed by atoms with Crippen molar-refractivity contribution in [3.63, 3.8) is 0 Å². The summed E-state index contributed by atoms with van der Waals surface area (Å²) in [6.07, 6.45) is 0.792. The summed E-state index contributed by atoms with van der Waals surface area (Å²) in [7, 11) is 1.67. The maximum Gasteiger partial charge on any atom is 0.122 e. The third-order valence-corrected chi connectivity index (χ3v) is 2.42. The molecule has 0 heterocycles. The molecule has 0 aliphatic carbocycles. The van der Waals surface area contributed by atoms with E-state index in [-0.39, 0.29) is 6.04 Å². The van der Waals surface area contributed by atoms with Crippen LogP contribution in [0.25, 0.3) is 0 Å². The topological polar surface area (TPSA) is 56.5 Å². The van der Waals surface area contributed by atoms with Crippen LogP contribution in [0.5, 0.6) is 5.75 Å². The first-order chi connectivity index (χ1) is 7.81. The Morgan fingerprint density at radius 3 is 2.75 bits per heavy atom. The van der Waals surface area contributed by atoms with Gasteiger partial charge in [-0.05, 0) is 25.0 Å². The lowest BCUT2D eigenvalue weighted by Crippen LogP contribution is -2.40. The normalized spacial score (nSPS) is 12.4. The molecular formula is C12H20N2O2. The standard InChI is InChI=1S/C12H20N2O2/c1-3-16-9-11(14-13)8-10-6-4-5-7-12(10)15-2/h4-7,11,14H,3,8-9,13H2,1-2H3. The molecule has 1 atom stereocenters. The molecule has 16 heavy (non-hydrogen) atoms. The Morgan fingerprint density at radius 2 is 2.12 bits per heavy atom. The van der Waals surface area contributed by atoms with Crippen molar-refractivity contribution in [2.75, 3.05) is 20.3 Å². The molecule has 0 amide bonds. The largest absolute Gasteiger partial charge is 0.496 e. The van der Waals surface area contributed by atoms with Gasteiger partial charge in [-0.1, -0.05) is 18.2 Å². The first-order valence-corrected chi connectivity index (χ1v) is 5.47. The van der Waals surface area contributed by atoms with Crippen molar-refractivity contribution in [3.05, 3.63) is 29.8 Å². The van der Waals surface area contributed by atoms with Crippen LogP contribution in [-0.2, 0) is 11.2 Å². The van der Waals surface area contributed by atoms with Crippen LogP contribution in [-0.4, -0.2) is 26.4 Å². The molecule has 1 unspecified atom stereocenters. The van der Waals surface area contributed by atoms with Crippen LogP contribution in [0, 0.1) is 0 Å². The number of hydrogen-bond donors (Lipinski definition) is 2. The van der Waals surface area contributed by atoms with E-state index in [1.807, 2.05) is 31.2 Å². The smallest absolute Gasteiger partial charge is 0.122 e. The maximum atomic E-state index is 5.48. The number of hydrazine groups is 1. The number of benzene rings is 1. The van der Waals surface area contributed by atoms with Crippen LogP contribution in [0.3, 0.4) is 0 Å². The van der Waals surface area contributed by atoms with E-state index in [9.17, 15) is 0 Å². The third kappa shape index (κ3) is 3.81. The molecule has 0 aliphatic heterocycles. The summed E-state index contributed by atoms with van der Waals surface area (Å²) in [4.78, 5) is 0. The molecule has 0 bridgehead atoms. The molecule has 1 aromatic carbocycles. The maximum absolute atomic E-state index is 5.48. The Kier molecular flexibility index (Phi) is 5.85. The highest BCUT2D eigenvalue weighted by atomic mass is 16.5. The zero-order chi connectivity index (χ0) is 11.8. The molecule has 0 aliphatic rings. The Balaban J connectivity index is 2.62. The van der Waals surface area contributed by atoms with Gasteiger partial charge >= 0.3 is 0 Å². The van der Waals surface area contributed by atoms with Gasteiger partial charge < -0.3 is 9.47 Å². The number of hydrogen-bond acceptors (Lipinski definition) is 4. The first kappa shape index (κ1) is 13.0. The minimum absolute atomic E-state index is 0.108.